The maximum absolute atomic E-state index is 12.9. The Balaban J connectivity index is 4.21. The van der Waals surface area contributed by atoms with E-state index in [9.17, 15) is 19.4 Å². The first-order valence-corrected chi connectivity index (χ1v) is 25.0. The van der Waals surface area contributed by atoms with Crippen LogP contribution in [0.25, 0.3) is 0 Å². The van der Waals surface area contributed by atoms with Gasteiger partial charge in [-0.05, 0) is 19.3 Å². The van der Waals surface area contributed by atoms with Crippen molar-refractivity contribution in [2.45, 2.75) is 238 Å². The lowest BCUT2D eigenvalue weighted by Gasteiger charge is -2.29. The normalized spacial score (nSPS) is 14.4. The van der Waals surface area contributed by atoms with Crippen LogP contribution in [0.3, 0.4) is 0 Å². The van der Waals surface area contributed by atoms with E-state index in [1.807, 2.05) is 27.2 Å². The number of carbonyl (C=O) groups excluding carboxylic acids is 1. The van der Waals surface area contributed by atoms with Crippen molar-refractivity contribution in [3.05, 3.63) is 12.2 Å². The van der Waals surface area contributed by atoms with Crippen LogP contribution in [0.2, 0.25) is 0 Å². The first-order valence-electron chi connectivity index (χ1n) is 23.6. The predicted molar refractivity (Wildman–Crippen MR) is 233 cm³/mol. The predicted octanol–water partition coefficient (Wildman–Crippen LogP) is 12.5. The fourth-order valence-electron chi connectivity index (χ4n) is 6.98. The Bertz CT molecular complexity index is 911. The van der Waals surface area contributed by atoms with Crippen LogP contribution in [0.5, 0.6) is 0 Å². The van der Waals surface area contributed by atoms with E-state index in [-0.39, 0.29) is 19.1 Å². The Morgan fingerprint density at radius 2 is 0.982 bits per heavy atom. The summed E-state index contributed by atoms with van der Waals surface area (Å²) >= 11 is 0. The van der Waals surface area contributed by atoms with Crippen LogP contribution in [0, 0.1) is 0 Å². The van der Waals surface area contributed by atoms with Gasteiger partial charge in [-0.2, -0.15) is 0 Å². The highest BCUT2D eigenvalue weighted by Crippen LogP contribution is 2.38. The number of carbonyl (C=O) groups is 1. The molecule has 0 aliphatic carbocycles. The summed E-state index contributed by atoms with van der Waals surface area (Å²) in [6.07, 6.45) is 44.1. The molecule has 0 saturated carbocycles. The van der Waals surface area contributed by atoms with E-state index in [0.29, 0.717) is 17.4 Å². The van der Waals surface area contributed by atoms with E-state index in [1.54, 1.807) is 6.08 Å². The molecule has 0 aromatic heterocycles. The van der Waals surface area contributed by atoms with Crippen LogP contribution in [0.1, 0.15) is 226 Å². The molecule has 0 saturated heterocycles. The molecule has 0 aromatic rings. The quantitative estimate of drug-likeness (QED) is 0.0275. The smallest absolute Gasteiger partial charge is 0.268 e. The molecule has 0 aliphatic heterocycles. The number of nitrogens with zero attached hydrogens (tertiary/aromatic N) is 1. The van der Waals surface area contributed by atoms with Crippen LogP contribution < -0.4 is 10.2 Å². The van der Waals surface area contributed by atoms with E-state index in [1.165, 1.54) is 167 Å². The highest BCUT2D eigenvalue weighted by molar-refractivity contribution is 7.45. The molecule has 3 atom stereocenters. The SMILES string of the molecule is CCCCCCCCCCC/C=C/C(O)C(COP(=O)([O-])OCC[N+](C)(C)C)NC(=O)CCCCCCCCCCCCCCCCCCCCCCCC. The summed E-state index contributed by atoms with van der Waals surface area (Å²) in [6, 6.07) is -0.879. The van der Waals surface area contributed by atoms with Crippen LogP contribution >= 0.6 is 7.82 Å². The standard InChI is InChI=1S/C46H93N2O6P/c1-6-8-10-12-14-16-18-19-20-21-22-23-24-25-26-27-28-30-32-34-36-38-40-46(50)47-44(43-54-55(51,52)53-42-41-48(3,4)5)45(49)39-37-35-33-31-29-17-15-13-11-9-7-2/h37,39,44-45,49H,6-36,38,40-43H2,1-5H3,(H-,47,50,51,52)/b39-37+. The number of phosphoric ester groups is 1. The summed E-state index contributed by atoms with van der Waals surface area (Å²) in [5.74, 6) is -0.195. The molecule has 0 spiro atoms. The van der Waals surface area contributed by atoms with Crippen LogP contribution in [-0.4, -0.2) is 68.5 Å². The number of unbranched alkanes of at least 4 members (excludes halogenated alkanes) is 30. The van der Waals surface area contributed by atoms with Crippen molar-refractivity contribution in [1.82, 2.24) is 5.32 Å². The number of aliphatic hydroxyl groups is 1. The van der Waals surface area contributed by atoms with Crippen molar-refractivity contribution in [2.24, 2.45) is 0 Å². The lowest BCUT2D eigenvalue weighted by Crippen LogP contribution is -2.45. The number of amides is 1. The van der Waals surface area contributed by atoms with Gasteiger partial charge in [0, 0.05) is 6.42 Å². The Hall–Kier alpha value is -0.760. The maximum atomic E-state index is 12.9. The van der Waals surface area contributed by atoms with Gasteiger partial charge in [-0.15, -0.1) is 0 Å². The highest BCUT2D eigenvalue weighted by Gasteiger charge is 2.23. The third-order valence-electron chi connectivity index (χ3n) is 10.7. The highest BCUT2D eigenvalue weighted by atomic mass is 31.2. The fourth-order valence-corrected chi connectivity index (χ4v) is 7.70. The maximum Gasteiger partial charge on any atom is 0.268 e. The van der Waals surface area contributed by atoms with Gasteiger partial charge < -0.3 is 28.8 Å². The van der Waals surface area contributed by atoms with Crippen molar-refractivity contribution in [2.75, 3.05) is 40.9 Å². The minimum absolute atomic E-state index is 0.00199. The first kappa shape index (κ1) is 54.2. The van der Waals surface area contributed by atoms with Gasteiger partial charge >= 0.3 is 0 Å². The zero-order valence-electron chi connectivity index (χ0n) is 37.1. The Morgan fingerprint density at radius 1 is 0.618 bits per heavy atom. The molecule has 8 nitrogen and oxygen atoms in total. The summed E-state index contributed by atoms with van der Waals surface area (Å²) in [5.41, 5.74) is 0. The summed E-state index contributed by atoms with van der Waals surface area (Å²) in [6.45, 7) is 4.65. The molecular weight excluding hydrogens is 707 g/mol. The van der Waals surface area contributed by atoms with E-state index in [0.717, 1.165) is 38.5 Å². The molecule has 0 radical (unpaired) electrons. The molecule has 2 N–H and O–H groups in total. The molecule has 0 rings (SSSR count). The van der Waals surface area contributed by atoms with Crippen LogP contribution in [-0.2, 0) is 18.4 Å². The van der Waals surface area contributed by atoms with E-state index >= 15 is 0 Å². The number of likely N-dealkylation sites (N-methyl/N-ethyl adjacent to an activating group) is 1. The number of aliphatic hydroxyl groups excluding tert-OH is 1. The van der Waals surface area contributed by atoms with Crippen molar-refractivity contribution in [1.29, 1.82) is 0 Å². The zero-order chi connectivity index (χ0) is 40.7. The fraction of sp³-hybridized carbons (Fsp3) is 0.935. The van der Waals surface area contributed by atoms with Crippen molar-refractivity contribution in [3.63, 3.8) is 0 Å². The summed E-state index contributed by atoms with van der Waals surface area (Å²) in [5, 5.41) is 13.8. The van der Waals surface area contributed by atoms with E-state index < -0.39 is 20.0 Å². The largest absolute Gasteiger partial charge is 0.756 e. The van der Waals surface area contributed by atoms with Gasteiger partial charge in [0.25, 0.3) is 7.82 Å². The molecule has 0 aromatic carbocycles. The van der Waals surface area contributed by atoms with Gasteiger partial charge in [-0.1, -0.05) is 212 Å². The number of hydrogen-bond donors (Lipinski definition) is 2. The number of allylic oxidation sites excluding steroid dienone is 1. The Morgan fingerprint density at radius 3 is 1.36 bits per heavy atom. The molecule has 55 heavy (non-hydrogen) atoms. The van der Waals surface area contributed by atoms with Gasteiger partial charge in [0.15, 0.2) is 0 Å². The number of nitrogens with one attached hydrogen (secondary N) is 1. The van der Waals surface area contributed by atoms with Gasteiger partial charge in [-0.25, -0.2) is 0 Å². The second-order valence-electron chi connectivity index (χ2n) is 17.5. The first-order chi connectivity index (χ1) is 26.5. The van der Waals surface area contributed by atoms with E-state index in [2.05, 4.69) is 19.2 Å². The second kappa shape index (κ2) is 38.7. The van der Waals surface area contributed by atoms with Gasteiger partial charge in [0.2, 0.25) is 5.91 Å². The molecular formula is C46H93N2O6P. The molecule has 9 heteroatoms. The topological polar surface area (TPSA) is 108 Å². The van der Waals surface area contributed by atoms with Crippen molar-refractivity contribution in [3.8, 4) is 0 Å². The Kier molecular flexibility index (Phi) is 38.2. The average molecular weight is 801 g/mol. The third kappa shape index (κ3) is 41.2. The zero-order valence-corrected chi connectivity index (χ0v) is 38.0. The number of phosphoric acid groups is 1. The molecule has 0 bridgehead atoms. The van der Waals surface area contributed by atoms with Gasteiger partial charge in [0.05, 0.1) is 39.9 Å². The van der Waals surface area contributed by atoms with E-state index in [4.69, 9.17) is 9.05 Å². The second-order valence-corrected chi connectivity index (χ2v) is 18.9. The van der Waals surface area contributed by atoms with Crippen LogP contribution in [0.4, 0.5) is 0 Å². The molecule has 0 fully saturated rings. The minimum atomic E-state index is -4.58. The molecule has 0 aliphatic rings. The molecule has 0 heterocycles. The molecule has 3 unspecified atom stereocenters. The number of quaternary nitrogens is 1. The minimum Gasteiger partial charge on any atom is -0.756 e. The monoisotopic (exact) mass is 801 g/mol. The third-order valence-corrected chi connectivity index (χ3v) is 11.7. The van der Waals surface area contributed by atoms with Gasteiger partial charge in [-0.3, -0.25) is 9.36 Å². The molecule has 1 amide bonds. The summed E-state index contributed by atoms with van der Waals surface area (Å²) in [7, 11) is 1.27. The number of hydrogen-bond acceptors (Lipinski definition) is 6. The molecule has 328 valence electrons. The van der Waals surface area contributed by atoms with Crippen molar-refractivity contribution >= 4 is 13.7 Å². The lowest BCUT2D eigenvalue weighted by atomic mass is 10.0. The average Bonchev–Trinajstić information content (AvgIpc) is 3.13. The Labute approximate surface area is 342 Å². The lowest BCUT2D eigenvalue weighted by molar-refractivity contribution is -0.870. The summed E-state index contributed by atoms with van der Waals surface area (Å²) < 4.78 is 23.2. The van der Waals surface area contributed by atoms with Crippen LogP contribution in [0.15, 0.2) is 12.2 Å². The summed E-state index contributed by atoms with van der Waals surface area (Å²) in [4.78, 5) is 25.3. The number of rotatable bonds is 43. The van der Waals surface area contributed by atoms with Crippen molar-refractivity contribution < 1.29 is 32.9 Å². The van der Waals surface area contributed by atoms with Gasteiger partial charge in [0.1, 0.15) is 13.2 Å².